The quantitative estimate of drug-likeness (QED) is 0.222. The van der Waals surface area contributed by atoms with Crippen LogP contribution < -0.4 is 24.8 Å². The molecule has 6 heteroatoms. The number of allylic oxidation sites excluding steroid dienone is 10. The van der Waals surface area contributed by atoms with E-state index < -0.39 is 0 Å². The van der Waals surface area contributed by atoms with Crippen LogP contribution in [-0.2, 0) is 23.3 Å². The summed E-state index contributed by atoms with van der Waals surface area (Å²) in [5, 5.41) is 0. The van der Waals surface area contributed by atoms with Crippen LogP contribution in [0.3, 0.4) is 0 Å². The number of rotatable bonds is 0. The van der Waals surface area contributed by atoms with Crippen molar-refractivity contribution in [3.05, 3.63) is 129 Å². The second-order valence-corrected chi connectivity index (χ2v) is 20.1. The molecule has 0 N–H and O–H groups in total. The molecular weight excluding hydrogens is 710 g/mol. The zero-order chi connectivity index (χ0) is 24.4. The van der Waals surface area contributed by atoms with Gasteiger partial charge in [0.05, 0.1) is 0 Å². The Labute approximate surface area is 260 Å². The molecule has 2 aromatic rings. The second kappa shape index (κ2) is 14.1. The molecule has 0 amide bonds. The number of halogens is 4. The Morgan fingerprint density at radius 3 is 1.36 bits per heavy atom. The van der Waals surface area contributed by atoms with Crippen molar-refractivity contribution in [2.75, 3.05) is 0 Å². The minimum atomic E-state index is 0. The van der Waals surface area contributed by atoms with E-state index in [1.807, 2.05) is 0 Å². The average Bonchev–Trinajstić information content (AvgIpc) is 3.36. The molecule has 184 valence electrons. The van der Waals surface area contributed by atoms with E-state index in [9.17, 15) is 0 Å². The van der Waals surface area contributed by atoms with Crippen molar-refractivity contribution >= 4 is 49.4 Å². The van der Waals surface area contributed by atoms with Gasteiger partial charge in [0.25, 0.3) is 0 Å². The monoisotopic (exact) mass is 732 g/mol. The fourth-order valence-corrected chi connectivity index (χ4v) is 5.91. The molecule has 0 bridgehead atoms. The fourth-order valence-electron chi connectivity index (χ4n) is 4.31. The van der Waals surface area contributed by atoms with E-state index in [1.54, 1.807) is 23.3 Å². The van der Waals surface area contributed by atoms with Crippen molar-refractivity contribution in [2.24, 2.45) is 0 Å². The average molecular weight is 737 g/mol. The predicted octanol–water partition coefficient (Wildman–Crippen LogP) is 3.21. The van der Waals surface area contributed by atoms with Crippen molar-refractivity contribution in [1.29, 1.82) is 0 Å². The topological polar surface area (TPSA) is 0 Å². The third-order valence-electron chi connectivity index (χ3n) is 5.71. The van der Waals surface area contributed by atoms with Gasteiger partial charge in [0.1, 0.15) is 0 Å². The van der Waals surface area contributed by atoms with E-state index in [4.69, 9.17) is 0 Å². The van der Waals surface area contributed by atoms with Crippen LogP contribution in [0.25, 0.3) is 12.2 Å². The number of benzene rings is 2. The Hall–Kier alpha value is -0.480. The Morgan fingerprint density at radius 2 is 1.00 bits per heavy atom. The van der Waals surface area contributed by atoms with E-state index in [-0.39, 0.29) is 30.2 Å². The van der Waals surface area contributed by atoms with E-state index in [1.165, 1.54) is 55.7 Å². The van der Waals surface area contributed by atoms with E-state index in [0.29, 0.717) is 9.65 Å². The summed E-state index contributed by atoms with van der Waals surface area (Å²) in [6, 6.07) is 17.0. The van der Waals surface area contributed by atoms with Crippen molar-refractivity contribution < 1.29 is 48.1 Å². The van der Waals surface area contributed by atoms with Crippen LogP contribution in [0.2, 0.25) is 13.1 Å². The molecule has 0 saturated carbocycles. The molecule has 0 saturated heterocycles. The summed E-state index contributed by atoms with van der Waals surface area (Å²) in [5.41, 5.74) is 13.1. The zero-order valence-corrected chi connectivity index (χ0v) is 28.7. The van der Waals surface area contributed by atoms with Crippen LogP contribution >= 0.6 is 31.9 Å². The minimum absolute atomic E-state index is 0. The van der Waals surface area contributed by atoms with Gasteiger partial charge < -0.3 is 24.8 Å². The third kappa shape index (κ3) is 7.33. The Morgan fingerprint density at radius 1 is 0.667 bits per heavy atom. The molecule has 2 aromatic carbocycles. The second-order valence-electron chi connectivity index (χ2n) is 8.91. The van der Waals surface area contributed by atoms with Gasteiger partial charge in [-0.1, -0.05) is 105 Å². The van der Waals surface area contributed by atoms with Gasteiger partial charge in [-0.15, -0.1) is 46.6 Å². The number of fused-ring (bicyclic) bond motifs is 4. The number of hydrogen-bond acceptors (Lipinski definition) is 0. The Balaban J connectivity index is 0.000000211. The van der Waals surface area contributed by atoms with Gasteiger partial charge in [0, 0.05) is 9.65 Å². The van der Waals surface area contributed by atoms with Gasteiger partial charge in [-0.25, -0.2) is 0 Å². The van der Waals surface area contributed by atoms with Crippen LogP contribution in [0.15, 0.2) is 94.1 Å². The van der Waals surface area contributed by atoms with Gasteiger partial charge in [0.2, 0.25) is 0 Å². The fraction of sp³-hybridized carbons (Fsp3) is 0.200. The molecule has 2 unspecified atom stereocenters. The largest absolute Gasteiger partial charge is 1.00 e. The molecule has 0 fully saturated rings. The third-order valence-corrected chi connectivity index (χ3v) is 7.69. The molecule has 2 atom stereocenters. The summed E-state index contributed by atoms with van der Waals surface area (Å²) < 4.78 is 0. The maximum absolute atomic E-state index is 3.76. The van der Waals surface area contributed by atoms with Crippen LogP contribution in [0.4, 0.5) is 0 Å². The minimum Gasteiger partial charge on any atom is -1.00 e. The molecule has 6 rings (SSSR count). The normalized spacial score (nSPS) is 19.6. The summed E-state index contributed by atoms with van der Waals surface area (Å²) in [5.74, 6) is 0. The standard InChI is InChI=1S/2C14H10Br.C2H6Si.2ClH.Zr/c2*1-9-6-11-8-10-4-2-3-5-12(10)14(15)13(11)7-9;1-3-2;;;/h2*2-5,7-8,14H,1H3;1-2H3;2*1H;/q2*-1;;;;+2/p-2. The van der Waals surface area contributed by atoms with Gasteiger partial charge in [-0.2, -0.15) is 23.3 Å². The SMILES string of the molecule is CC1=[C-]C2=Cc3ccccc3C(Br)C2=C1.CC1=[C-]C2=Cc3ccccc3C(Br)C2=C1.C[Si](C)=[Zr+2].[Cl-].[Cl-]. The van der Waals surface area contributed by atoms with Crippen molar-refractivity contribution in [2.45, 2.75) is 36.6 Å². The van der Waals surface area contributed by atoms with Crippen molar-refractivity contribution in [1.82, 2.24) is 0 Å². The molecular formula is C30H26Br2Cl2SiZr-2. The summed E-state index contributed by atoms with van der Waals surface area (Å²) in [6.07, 6.45) is 15.6. The first kappa shape index (κ1) is 31.7. The van der Waals surface area contributed by atoms with E-state index >= 15 is 0 Å². The summed E-state index contributed by atoms with van der Waals surface area (Å²) >= 11 is 9.26. The zero-order valence-electron chi connectivity index (χ0n) is 20.6. The Kier molecular flexibility index (Phi) is 12.4. The smallest absolute Gasteiger partial charge is 1.00 e. The molecule has 0 nitrogen and oxygen atoms in total. The van der Waals surface area contributed by atoms with Gasteiger partial charge in [0.15, 0.2) is 0 Å². The Bertz CT molecular complexity index is 1250. The summed E-state index contributed by atoms with van der Waals surface area (Å²) in [4.78, 5) is 0.636. The maximum Gasteiger partial charge on any atom is -1.00 e. The first-order valence-corrected chi connectivity index (χ1v) is 19.3. The molecule has 36 heavy (non-hydrogen) atoms. The van der Waals surface area contributed by atoms with Crippen molar-refractivity contribution in [3.8, 4) is 0 Å². The number of hydrogen-bond donors (Lipinski definition) is 0. The predicted molar refractivity (Wildman–Crippen MR) is 151 cm³/mol. The van der Waals surface area contributed by atoms with Gasteiger partial charge in [-0.3, -0.25) is 0 Å². The van der Waals surface area contributed by atoms with E-state index in [2.05, 4.69) is 144 Å². The van der Waals surface area contributed by atoms with Gasteiger partial charge in [-0.05, 0) is 11.1 Å². The maximum atomic E-state index is 3.76. The van der Waals surface area contributed by atoms with Crippen LogP contribution in [0, 0.1) is 12.2 Å². The molecule has 4 aliphatic rings. The molecule has 0 radical (unpaired) electrons. The first-order valence-electron chi connectivity index (χ1n) is 11.3. The first-order chi connectivity index (χ1) is 16.2. The van der Waals surface area contributed by atoms with E-state index in [0.717, 1.165) is 0 Å². The molecule has 0 aliphatic heterocycles. The summed E-state index contributed by atoms with van der Waals surface area (Å²) in [7, 11) is 0. The molecule has 4 aliphatic carbocycles. The van der Waals surface area contributed by atoms with Crippen LogP contribution in [-0.4, -0.2) is 5.43 Å². The number of alkyl halides is 2. The molecule has 0 heterocycles. The van der Waals surface area contributed by atoms with Gasteiger partial charge >= 0.3 is 41.9 Å². The van der Waals surface area contributed by atoms with Crippen LogP contribution in [0.1, 0.15) is 45.8 Å². The summed E-state index contributed by atoms with van der Waals surface area (Å²) in [6.45, 7) is 8.80. The van der Waals surface area contributed by atoms with Crippen LogP contribution in [0.5, 0.6) is 0 Å². The molecule has 0 spiro atoms. The molecule has 0 aromatic heterocycles. The van der Waals surface area contributed by atoms with Crippen molar-refractivity contribution in [3.63, 3.8) is 0 Å².